The summed E-state index contributed by atoms with van der Waals surface area (Å²) in [7, 11) is 0. The third-order valence-corrected chi connectivity index (χ3v) is 3.05. The number of unbranched alkanes of at least 4 members (excludes halogenated alkanes) is 1. The minimum absolute atomic E-state index is 0.898. The summed E-state index contributed by atoms with van der Waals surface area (Å²) in [4.78, 5) is 0. The topological polar surface area (TPSA) is 0 Å². The lowest BCUT2D eigenvalue weighted by molar-refractivity contribution is 0.348. The Morgan fingerprint density at radius 2 is 1.69 bits per heavy atom. The van der Waals surface area contributed by atoms with E-state index >= 15 is 0 Å². The predicted molar refractivity (Wildman–Crippen MR) is 61.9 cm³/mol. The second-order valence-electron chi connectivity index (χ2n) is 4.17. The highest BCUT2D eigenvalue weighted by Gasteiger charge is 2.08. The van der Waals surface area contributed by atoms with Crippen LogP contribution < -0.4 is 0 Å². The van der Waals surface area contributed by atoms with Crippen molar-refractivity contribution in [1.29, 1.82) is 0 Å². The van der Waals surface area contributed by atoms with E-state index < -0.39 is 0 Å². The molecule has 0 heterocycles. The summed E-state index contributed by atoms with van der Waals surface area (Å²) in [6, 6.07) is 0. The van der Waals surface area contributed by atoms with E-state index in [0.29, 0.717) is 0 Å². The van der Waals surface area contributed by atoms with Gasteiger partial charge in [-0.1, -0.05) is 52.7 Å². The van der Waals surface area contributed by atoms with Gasteiger partial charge in [0.1, 0.15) is 0 Å². The summed E-state index contributed by atoms with van der Waals surface area (Å²) in [5.74, 6) is 1.80. The minimum atomic E-state index is 0.898. The third kappa shape index (κ3) is 6.86. The molecule has 0 nitrogen and oxygen atoms in total. The maximum Gasteiger partial charge on any atom is -0.0351 e. The standard InChI is InChI=1S/C13H26/c1-5-7-8-9-10-11-13(4)12(3)6-2/h7-8,12-13H,5-6,9-11H2,1-4H3. The molecule has 0 saturated heterocycles. The molecule has 0 fully saturated rings. The molecule has 0 amide bonds. The van der Waals surface area contributed by atoms with Crippen LogP contribution in [0.2, 0.25) is 0 Å². The zero-order valence-corrected chi connectivity index (χ0v) is 9.84. The van der Waals surface area contributed by atoms with Crippen molar-refractivity contribution in [3.05, 3.63) is 12.2 Å². The SMILES string of the molecule is CCC=CCCCC(C)C(C)CC. The zero-order chi connectivity index (χ0) is 10.1. The van der Waals surface area contributed by atoms with E-state index in [1.54, 1.807) is 0 Å². The van der Waals surface area contributed by atoms with E-state index in [1.165, 1.54) is 32.1 Å². The molecular weight excluding hydrogens is 156 g/mol. The van der Waals surface area contributed by atoms with Gasteiger partial charge in [0.2, 0.25) is 0 Å². The van der Waals surface area contributed by atoms with E-state index in [2.05, 4.69) is 39.8 Å². The lowest BCUT2D eigenvalue weighted by atomic mass is 9.89. The zero-order valence-electron chi connectivity index (χ0n) is 9.84. The van der Waals surface area contributed by atoms with Crippen LogP contribution in [0.15, 0.2) is 12.2 Å². The highest BCUT2D eigenvalue weighted by atomic mass is 14.1. The van der Waals surface area contributed by atoms with Gasteiger partial charge in [-0.25, -0.2) is 0 Å². The first-order valence-corrected chi connectivity index (χ1v) is 5.87. The van der Waals surface area contributed by atoms with Crippen LogP contribution >= 0.6 is 0 Å². The molecule has 0 heteroatoms. The Morgan fingerprint density at radius 1 is 1.00 bits per heavy atom. The third-order valence-electron chi connectivity index (χ3n) is 3.05. The normalized spacial score (nSPS) is 16.3. The molecule has 2 atom stereocenters. The van der Waals surface area contributed by atoms with Gasteiger partial charge in [0.05, 0.1) is 0 Å². The van der Waals surface area contributed by atoms with Crippen LogP contribution in [0.4, 0.5) is 0 Å². The average Bonchev–Trinajstić information content (AvgIpc) is 2.16. The number of hydrogen-bond donors (Lipinski definition) is 0. The van der Waals surface area contributed by atoms with Crippen molar-refractivity contribution in [2.24, 2.45) is 11.8 Å². The molecule has 13 heavy (non-hydrogen) atoms. The van der Waals surface area contributed by atoms with Crippen LogP contribution in [-0.2, 0) is 0 Å². The lowest BCUT2D eigenvalue weighted by Gasteiger charge is -2.17. The molecule has 78 valence electrons. The monoisotopic (exact) mass is 182 g/mol. The Hall–Kier alpha value is -0.260. The summed E-state index contributed by atoms with van der Waals surface area (Å²) < 4.78 is 0. The first kappa shape index (κ1) is 12.7. The Bertz CT molecular complexity index is 124. The molecule has 0 bridgehead atoms. The molecule has 0 aromatic heterocycles. The van der Waals surface area contributed by atoms with Gasteiger partial charge < -0.3 is 0 Å². The van der Waals surface area contributed by atoms with Gasteiger partial charge in [-0.2, -0.15) is 0 Å². The molecule has 0 aromatic carbocycles. The first-order valence-electron chi connectivity index (χ1n) is 5.87. The van der Waals surface area contributed by atoms with Crippen molar-refractivity contribution >= 4 is 0 Å². The molecule has 0 aliphatic carbocycles. The quantitative estimate of drug-likeness (QED) is 0.392. The summed E-state index contributed by atoms with van der Waals surface area (Å²) in [6.45, 7) is 9.24. The second kappa shape index (κ2) is 8.34. The van der Waals surface area contributed by atoms with Gasteiger partial charge in [0.25, 0.3) is 0 Å². The van der Waals surface area contributed by atoms with Crippen LogP contribution in [0, 0.1) is 11.8 Å². The van der Waals surface area contributed by atoms with Crippen molar-refractivity contribution in [3.8, 4) is 0 Å². The maximum absolute atomic E-state index is 2.39. The first-order chi connectivity index (χ1) is 6.22. The molecule has 0 aliphatic rings. The fourth-order valence-electron chi connectivity index (χ4n) is 1.53. The molecule has 0 N–H and O–H groups in total. The number of hydrogen-bond acceptors (Lipinski definition) is 0. The van der Waals surface area contributed by atoms with Crippen LogP contribution in [-0.4, -0.2) is 0 Å². The van der Waals surface area contributed by atoms with Crippen molar-refractivity contribution in [2.75, 3.05) is 0 Å². The van der Waals surface area contributed by atoms with Gasteiger partial charge in [-0.05, 0) is 31.1 Å². The number of rotatable bonds is 7. The molecule has 2 unspecified atom stereocenters. The van der Waals surface area contributed by atoms with Crippen LogP contribution in [0.1, 0.15) is 59.8 Å². The summed E-state index contributed by atoms with van der Waals surface area (Å²) in [6.07, 6.45) is 11.1. The molecule has 0 aliphatic heterocycles. The maximum atomic E-state index is 2.39. The molecule has 0 radical (unpaired) electrons. The Morgan fingerprint density at radius 3 is 2.23 bits per heavy atom. The van der Waals surface area contributed by atoms with Gasteiger partial charge in [0.15, 0.2) is 0 Å². The van der Waals surface area contributed by atoms with Crippen LogP contribution in [0.25, 0.3) is 0 Å². The second-order valence-corrected chi connectivity index (χ2v) is 4.17. The number of allylic oxidation sites excluding steroid dienone is 2. The van der Waals surface area contributed by atoms with Crippen molar-refractivity contribution in [1.82, 2.24) is 0 Å². The van der Waals surface area contributed by atoms with Crippen LogP contribution in [0.5, 0.6) is 0 Å². The smallest absolute Gasteiger partial charge is 0.0351 e. The largest absolute Gasteiger partial charge is 0.0888 e. The molecule has 0 rings (SSSR count). The summed E-state index contributed by atoms with van der Waals surface area (Å²) in [5, 5.41) is 0. The van der Waals surface area contributed by atoms with E-state index in [1.807, 2.05) is 0 Å². The highest BCUT2D eigenvalue weighted by Crippen LogP contribution is 2.20. The lowest BCUT2D eigenvalue weighted by Crippen LogP contribution is -2.06. The van der Waals surface area contributed by atoms with Gasteiger partial charge >= 0.3 is 0 Å². The Kier molecular flexibility index (Phi) is 8.18. The molecule has 0 aromatic rings. The highest BCUT2D eigenvalue weighted by molar-refractivity contribution is 4.80. The Labute approximate surface area is 84.4 Å². The van der Waals surface area contributed by atoms with E-state index in [9.17, 15) is 0 Å². The fraction of sp³-hybridized carbons (Fsp3) is 0.846. The minimum Gasteiger partial charge on any atom is -0.0888 e. The Balaban J connectivity index is 3.36. The molecule has 0 saturated carbocycles. The summed E-state index contributed by atoms with van der Waals surface area (Å²) in [5.41, 5.74) is 0. The van der Waals surface area contributed by atoms with E-state index in [0.717, 1.165) is 11.8 Å². The van der Waals surface area contributed by atoms with Crippen molar-refractivity contribution < 1.29 is 0 Å². The van der Waals surface area contributed by atoms with Gasteiger partial charge in [-0.3, -0.25) is 0 Å². The fourth-order valence-corrected chi connectivity index (χ4v) is 1.53. The molecule has 0 spiro atoms. The van der Waals surface area contributed by atoms with Gasteiger partial charge in [-0.15, -0.1) is 0 Å². The predicted octanol–water partition coefficient (Wildman–Crippen LogP) is 4.81. The van der Waals surface area contributed by atoms with E-state index in [4.69, 9.17) is 0 Å². The summed E-state index contributed by atoms with van der Waals surface area (Å²) >= 11 is 0. The van der Waals surface area contributed by atoms with Crippen molar-refractivity contribution in [3.63, 3.8) is 0 Å². The van der Waals surface area contributed by atoms with E-state index in [-0.39, 0.29) is 0 Å². The van der Waals surface area contributed by atoms with Crippen molar-refractivity contribution in [2.45, 2.75) is 59.8 Å². The average molecular weight is 182 g/mol. The van der Waals surface area contributed by atoms with Gasteiger partial charge in [0, 0.05) is 0 Å². The molecular formula is C13H26. The van der Waals surface area contributed by atoms with Crippen LogP contribution in [0.3, 0.4) is 0 Å².